The molecule has 1 nitrogen and oxygen atoms in total. The highest BCUT2D eigenvalue weighted by atomic mass is 19.3. The molecule has 5 heteroatoms. The third-order valence-electron chi connectivity index (χ3n) is 1.67. The monoisotopic (exact) mass is 206 g/mol. The lowest BCUT2D eigenvalue weighted by Gasteiger charge is -2.06. The SMILES string of the molecule is CC(=O)c1c(F)cc(F)cc1C(F)F. The molecule has 14 heavy (non-hydrogen) atoms. The molecular formula is C9H6F4O. The van der Waals surface area contributed by atoms with Crippen LogP contribution in [0.25, 0.3) is 0 Å². The van der Waals surface area contributed by atoms with E-state index in [0.29, 0.717) is 12.1 Å². The van der Waals surface area contributed by atoms with Gasteiger partial charge in [-0.1, -0.05) is 0 Å². The molecule has 1 aromatic rings. The molecule has 0 radical (unpaired) electrons. The van der Waals surface area contributed by atoms with E-state index in [9.17, 15) is 22.4 Å². The molecule has 76 valence electrons. The first-order valence-corrected chi connectivity index (χ1v) is 3.71. The molecule has 0 heterocycles. The molecule has 0 spiro atoms. The molecule has 0 N–H and O–H groups in total. The normalized spacial score (nSPS) is 10.7. The van der Waals surface area contributed by atoms with E-state index in [1.54, 1.807) is 0 Å². The average Bonchev–Trinajstić information content (AvgIpc) is 2.01. The van der Waals surface area contributed by atoms with Crippen molar-refractivity contribution in [2.45, 2.75) is 13.3 Å². The van der Waals surface area contributed by atoms with Gasteiger partial charge in [0.05, 0.1) is 5.56 Å². The maximum absolute atomic E-state index is 12.9. The van der Waals surface area contributed by atoms with Crippen LogP contribution in [0.4, 0.5) is 17.6 Å². The van der Waals surface area contributed by atoms with Crippen molar-refractivity contribution >= 4 is 5.78 Å². The van der Waals surface area contributed by atoms with E-state index < -0.39 is 35.0 Å². The Labute approximate surface area is 77.3 Å². The zero-order valence-electron chi connectivity index (χ0n) is 7.15. The average molecular weight is 206 g/mol. The minimum absolute atomic E-state index is 0.405. The molecule has 0 aliphatic carbocycles. The highest BCUT2D eigenvalue weighted by Gasteiger charge is 2.21. The van der Waals surface area contributed by atoms with Crippen LogP contribution in [0.3, 0.4) is 0 Å². The van der Waals surface area contributed by atoms with E-state index >= 15 is 0 Å². The van der Waals surface area contributed by atoms with Crippen molar-refractivity contribution in [3.05, 3.63) is 34.9 Å². The summed E-state index contributed by atoms with van der Waals surface area (Å²) in [5.74, 6) is -3.23. The van der Waals surface area contributed by atoms with Gasteiger partial charge in [-0.05, 0) is 13.0 Å². The maximum atomic E-state index is 12.9. The summed E-state index contributed by atoms with van der Waals surface area (Å²) < 4.78 is 50.0. The van der Waals surface area contributed by atoms with E-state index in [-0.39, 0.29) is 0 Å². The minimum atomic E-state index is -3.07. The molecule has 0 unspecified atom stereocenters. The number of hydrogen-bond donors (Lipinski definition) is 0. The van der Waals surface area contributed by atoms with E-state index in [2.05, 4.69) is 0 Å². The van der Waals surface area contributed by atoms with E-state index in [1.807, 2.05) is 0 Å². The minimum Gasteiger partial charge on any atom is -0.294 e. The van der Waals surface area contributed by atoms with Crippen LogP contribution in [0.5, 0.6) is 0 Å². The number of ketones is 1. The highest BCUT2D eigenvalue weighted by Crippen LogP contribution is 2.26. The number of rotatable bonds is 2. The molecule has 0 saturated heterocycles. The van der Waals surface area contributed by atoms with E-state index in [1.165, 1.54) is 0 Å². The van der Waals surface area contributed by atoms with Gasteiger partial charge in [-0.2, -0.15) is 0 Å². The van der Waals surface area contributed by atoms with Crippen molar-refractivity contribution in [1.82, 2.24) is 0 Å². The van der Waals surface area contributed by atoms with Gasteiger partial charge in [-0.15, -0.1) is 0 Å². The molecule has 0 amide bonds. The van der Waals surface area contributed by atoms with Gasteiger partial charge < -0.3 is 0 Å². The van der Waals surface area contributed by atoms with Crippen molar-refractivity contribution in [3.63, 3.8) is 0 Å². The van der Waals surface area contributed by atoms with Crippen LogP contribution >= 0.6 is 0 Å². The Kier molecular flexibility index (Phi) is 2.88. The predicted molar refractivity (Wildman–Crippen MR) is 41.3 cm³/mol. The van der Waals surface area contributed by atoms with Crippen molar-refractivity contribution in [2.24, 2.45) is 0 Å². The first-order valence-electron chi connectivity index (χ1n) is 3.71. The molecule has 0 atom stereocenters. The van der Waals surface area contributed by atoms with Crippen LogP contribution in [0, 0.1) is 11.6 Å². The second-order valence-corrected chi connectivity index (χ2v) is 2.71. The number of carbonyl (C=O) groups excluding carboxylic acids is 1. The Bertz CT molecular complexity index is 373. The first kappa shape index (κ1) is 10.7. The zero-order chi connectivity index (χ0) is 10.9. The van der Waals surface area contributed by atoms with Gasteiger partial charge in [0.1, 0.15) is 11.6 Å². The van der Waals surface area contributed by atoms with Crippen LogP contribution in [-0.4, -0.2) is 5.78 Å². The summed E-state index contributed by atoms with van der Waals surface area (Å²) >= 11 is 0. The Morgan fingerprint density at radius 1 is 1.29 bits per heavy atom. The molecule has 0 aliphatic rings. The van der Waals surface area contributed by atoms with Gasteiger partial charge >= 0.3 is 0 Å². The molecular weight excluding hydrogens is 200 g/mol. The molecule has 0 saturated carbocycles. The molecule has 0 bridgehead atoms. The molecule has 0 fully saturated rings. The van der Waals surface area contributed by atoms with Crippen molar-refractivity contribution < 1.29 is 22.4 Å². The summed E-state index contributed by atoms with van der Waals surface area (Å²) in [6, 6.07) is 0.868. The molecule has 0 aromatic heterocycles. The van der Waals surface area contributed by atoms with E-state index in [4.69, 9.17) is 0 Å². The van der Waals surface area contributed by atoms with Gasteiger partial charge in [-0.25, -0.2) is 17.6 Å². The fraction of sp³-hybridized carbons (Fsp3) is 0.222. The highest BCUT2D eigenvalue weighted by molar-refractivity contribution is 5.95. The lowest BCUT2D eigenvalue weighted by atomic mass is 10.0. The Hall–Kier alpha value is -1.39. The van der Waals surface area contributed by atoms with Crippen LogP contribution in [0.15, 0.2) is 12.1 Å². The Morgan fingerprint density at radius 2 is 1.86 bits per heavy atom. The summed E-state index contributed by atoms with van der Waals surface area (Å²) in [5, 5.41) is 0. The van der Waals surface area contributed by atoms with Gasteiger partial charge in [0.25, 0.3) is 6.43 Å². The standard InChI is InChI=1S/C9H6F4O/c1-4(14)8-6(9(12)13)2-5(10)3-7(8)11/h2-3,9H,1H3. The lowest BCUT2D eigenvalue weighted by Crippen LogP contribution is -2.05. The summed E-state index contributed by atoms with van der Waals surface area (Å²) in [6.45, 7) is 0.947. The van der Waals surface area contributed by atoms with Gasteiger partial charge in [0.2, 0.25) is 0 Å². The zero-order valence-corrected chi connectivity index (χ0v) is 7.15. The van der Waals surface area contributed by atoms with Gasteiger partial charge in [-0.3, -0.25) is 4.79 Å². The van der Waals surface area contributed by atoms with Crippen molar-refractivity contribution in [3.8, 4) is 0 Å². The largest absolute Gasteiger partial charge is 0.294 e. The molecule has 0 aliphatic heterocycles. The number of carbonyl (C=O) groups is 1. The maximum Gasteiger partial charge on any atom is 0.264 e. The first-order chi connectivity index (χ1) is 6.43. The van der Waals surface area contributed by atoms with Crippen LogP contribution in [-0.2, 0) is 0 Å². The lowest BCUT2D eigenvalue weighted by molar-refractivity contribution is 0.0993. The Morgan fingerprint density at radius 3 is 2.29 bits per heavy atom. The summed E-state index contributed by atoms with van der Waals surface area (Å²) in [6.07, 6.45) is -3.07. The van der Waals surface area contributed by atoms with Crippen molar-refractivity contribution in [1.29, 1.82) is 0 Å². The fourth-order valence-electron chi connectivity index (χ4n) is 1.14. The van der Waals surface area contributed by atoms with Crippen LogP contribution in [0.1, 0.15) is 29.3 Å². The number of alkyl halides is 2. The van der Waals surface area contributed by atoms with E-state index in [0.717, 1.165) is 6.92 Å². The van der Waals surface area contributed by atoms with Crippen LogP contribution in [0.2, 0.25) is 0 Å². The number of benzene rings is 1. The smallest absolute Gasteiger partial charge is 0.264 e. The second-order valence-electron chi connectivity index (χ2n) is 2.71. The predicted octanol–water partition coefficient (Wildman–Crippen LogP) is 3.11. The summed E-state index contributed by atoms with van der Waals surface area (Å²) in [7, 11) is 0. The van der Waals surface area contributed by atoms with Crippen LogP contribution < -0.4 is 0 Å². The quantitative estimate of drug-likeness (QED) is 0.536. The molecule has 1 aromatic carbocycles. The number of Topliss-reactive ketones (excluding diaryl/α,β-unsaturated/α-hetero) is 1. The molecule has 1 rings (SSSR count). The Balaban J connectivity index is 3.44. The number of halogens is 4. The third-order valence-corrected chi connectivity index (χ3v) is 1.67. The van der Waals surface area contributed by atoms with Gasteiger partial charge in [0.15, 0.2) is 5.78 Å². The second kappa shape index (κ2) is 3.77. The number of hydrogen-bond acceptors (Lipinski definition) is 1. The fourth-order valence-corrected chi connectivity index (χ4v) is 1.14. The third kappa shape index (κ3) is 1.92. The topological polar surface area (TPSA) is 17.1 Å². The van der Waals surface area contributed by atoms with Gasteiger partial charge in [0, 0.05) is 11.6 Å². The summed E-state index contributed by atoms with van der Waals surface area (Å²) in [5.41, 5.74) is -1.66. The van der Waals surface area contributed by atoms with Crippen molar-refractivity contribution in [2.75, 3.05) is 0 Å². The summed E-state index contributed by atoms with van der Waals surface area (Å²) in [4.78, 5) is 10.8.